The van der Waals surface area contributed by atoms with E-state index in [-0.39, 0.29) is 21.6 Å². The standard InChI is InChI=1S/C15H19ClO4S/c1-10-4-3-5-11(8-10)20-15(17)13-9-12(21(2,18)19)6-7-14(13)16/h6-7,9-11H,3-5,8H2,1-2H3. The van der Waals surface area contributed by atoms with Gasteiger partial charge in [-0.15, -0.1) is 0 Å². The van der Waals surface area contributed by atoms with Crippen LogP contribution in [0.2, 0.25) is 5.02 Å². The largest absolute Gasteiger partial charge is 0.459 e. The molecular weight excluding hydrogens is 312 g/mol. The molecule has 1 saturated carbocycles. The maximum atomic E-state index is 12.2. The quantitative estimate of drug-likeness (QED) is 0.796. The monoisotopic (exact) mass is 330 g/mol. The van der Waals surface area contributed by atoms with Crippen LogP contribution in [-0.2, 0) is 14.6 Å². The zero-order valence-electron chi connectivity index (χ0n) is 12.1. The summed E-state index contributed by atoms with van der Waals surface area (Å²) >= 11 is 5.99. The molecule has 0 bridgehead atoms. The van der Waals surface area contributed by atoms with Gasteiger partial charge in [-0.3, -0.25) is 0 Å². The molecule has 0 aromatic heterocycles. The van der Waals surface area contributed by atoms with Crippen LogP contribution in [0, 0.1) is 5.92 Å². The van der Waals surface area contributed by atoms with Crippen LogP contribution in [0.5, 0.6) is 0 Å². The average Bonchev–Trinajstić information content (AvgIpc) is 2.37. The lowest BCUT2D eigenvalue weighted by Crippen LogP contribution is -2.24. The molecule has 1 fully saturated rings. The number of sulfone groups is 1. The van der Waals surface area contributed by atoms with E-state index in [4.69, 9.17) is 16.3 Å². The van der Waals surface area contributed by atoms with Crippen molar-refractivity contribution in [2.75, 3.05) is 6.26 Å². The van der Waals surface area contributed by atoms with E-state index in [0.29, 0.717) is 5.92 Å². The van der Waals surface area contributed by atoms with Gasteiger partial charge in [0, 0.05) is 6.26 Å². The fourth-order valence-electron chi connectivity index (χ4n) is 2.59. The van der Waals surface area contributed by atoms with E-state index in [1.54, 1.807) is 0 Å². The first-order chi connectivity index (χ1) is 9.77. The Morgan fingerprint density at radius 1 is 1.33 bits per heavy atom. The second kappa shape index (κ2) is 6.36. The first kappa shape index (κ1) is 16.3. The van der Waals surface area contributed by atoms with Crippen molar-refractivity contribution in [1.29, 1.82) is 0 Å². The van der Waals surface area contributed by atoms with Gasteiger partial charge in [0.05, 0.1) is 15.5 Å². The van der Waals surface area contributed by atoms with E-state index in [2.05, 4.69) is 6.92 Å². The number of rotatable bonds is 3. The summed E-state index contributed by atoms with van der Waals surface area (Å²) in [6.07, 6.45) is 4.86. The van der Waals surface area contributed by atoms with E-state index in [1.807, 2.05) is 0 Å². The molecule has 2 atom stereocenters. The van der Waals surface area contributed by atoms with Crippen LogP contribution in [0.25, 0.3) is 0 Å². The average molecular weight is 331 g/mol. The minimum atomic E-state index is -3.38. The SMILES string of the molecule is CC1CCCC(OC(=O)c2cc(S(C)(=O)=O)ccc2Cl)C1. The van der Waals surface area contributed by atoms with Crippen molar-refractivity contribution in [3.63, 3.8) is 0 Å². The molecule has 0 saturated heterocycles. The Bertz CT molecular complexity index is 639. The molecule has 0 spiro atoms. The fourth-order valence-corrected chi connectivity index (χ4v) is 3.43. The van der Waals surface area contributed by atoms with Gasteiger partial charge in [-0.25, -0.2) is 13.2 Å². The minimum absolute atomic E-state index is 0.0656. The number of benzene rings is 1. The molecule has 2 rings (SSSR count). The molecule has 0 heterocycles. The van der Waals surface area contributed by atoms with Crippen LogP contribution in [0.15, 0.2) is 23.1 Å². The van der Waals surface area contributed by atoms with Crippen molar-refractivity contribution in [3.05, 3.63) is 28.8 Å². The molecule has 0 aliphatic heterocycles. The minimum Gasteiger partial charge on any atom is -0.459 e. The third-order valence-corrected chi connectivity index (χ3v) is 5.19. The molecule has 1 aliphatic carbocycles. The third-order valence-electron chi connectivity index (χ3n) is 3.75. The number of halogens is 1. The lowest BCUT2D eigenvalue weighted by Gasteiger charge is -2.26. The molecule has 1 aliphatic rings. The number of esters is 1. The highest BCUT2D eigenvalue weighted by Crippen LogP contribution is 2.28. The highest BCUT2D eigenvalue weighted by Gasteiger charge is 2.24. The van der Waals surface area contributed by atoms with Crippen molar-refractivity contribution >= 4 is 27.4 Å². The van der Waals surface area contributed by atoms with Crippen LogP contribution < -0.4 is 0 Å². The summed E-state index contributed by atoms with van der Waals surface area (Å²) in [4.78, 5) is 12.3. The smallest absolute Gasteiger partial charge is 0.339 e. The van der Waals surface area contributed by atoms with E-state index in [9.17, 15) is 13.2 Å². The van der Waals surface area contributed by atoms with Gasteiger partial charge in [0.2, 0.25) is 0 Å². The molecule has 0 amide bonds. The number of hydrogen-bond acceptors (Lipinski definition) is 4. The second-order valence-corrected chi connectivity index (χ2v) is 8.14. The van der Waals surface area contributed by atoms with Gasteiger partial charge in [-0.1, -0.05) is 24.9 Å². The first-order valence-electron chi connectivity index (χ1n) is 6.98. The van der Waals surface area contributed by atoms with Crippen molar-refractivity contribution in [2.24, 2.45) is 5.92 Å². The Morgan fingerprint density at radius 2 is 2.05 bits per heavy atom. The van der Waals surface area contributed by atoms with Gasteiger partial charge >= 0.3 is 5.97 Å². The lowest BCUT2D eigenvalue weighted by atomic mass is 9.89. The predicted octanol–water partition coefficient (Wildman–Crippen LogP) is 3.48. The van der Waals surface area contributed by atoms with E-state index in [1.165, 1.54) is 18.2 Å². The zero-order valence-corrected chi connectivity index (χ0v) is 13.7. The number of carbonyl (C=O) groups excluding carboxylic acids is 1. The molecular formula is C15H19ClO4S. The summed E-state index contributed by atoms with van der Waals surface area (Å²) < 4.78 is 28.6. The Kier molecular flexibility index (Phi) is 4.94. The Hall–Kier alpha value is -1.07. The summed E-state index contributed by atoms with van der Waals surface area (Å²) in [6.45, 7) is 2.14. The van der Waals surface area contributed by atoms with Crippen molar-refractivity contribution in [2.45, 2.75) is 43.6 Å². The Morgan fingerprint density at radius 3 is 2.67 bits per heavy atom. The fraction of sp³-hybridized carbons (Fsp3) is 0.533. The van der Waals surface area contributed by atoms with E-state index >= 15 is 0 Å². The van der Waals surface area contributed by atoms with Gasteiger partial charge in [-0.2, -0.15) is 0 Å². The van der Waals surface area contributed by atoms with Gasteiger partial charge < -0.3 is 4.74 Å². The van der Waals surface area contributed by atoms with E-state index in [0.717, 1.165) is 31.9 Å². The topological polar surface area (TPSA) is 60.4 Å². The lowest BCUT2D eigenvalue weighted by molar-refractivity contribution is 0.0155. The molecule has 0 N–H and O–H groups in total. The predicted molar refractivity (Wildman–Crippen MR) is 81.4 cm³/mol. The van der Waals surface area contributed by atoms with Gasteiger partial charge in [0.15, 0.2) is 9.84 Å². The van der Waals surface area contributed by atoms with Gasteiger partial charge in [0.25, 0.3) is 0 Å². The van der Waals surface area contributed by atoms with Crippen molar-refractivity contribution in [1.82, 2.24) is 0 Å². The van der Waals surface area contributed by atoms with Crippen LogP contribution in [-0.4, -0.2) is 26.7 Å². The number of hydrogen-bond donors (Lipinski definition) is 0. The third kappa shape index (κ3) is 4.20. The molecule has 116 valence electrons. The highest BCUT2D eigenvalue weighted by atomic mass is 35.5. The van der Waals surface area contributed by atoms with Crippen LogP contribution in [0.4, 0.5) is 0 Å². The molecule has 6 heteroatoms. The van der Waals surface area contributed by atoms with Crippen LogP contribution in [0.3, 0.4) is 0 Å². The second-order valence-electron chi connectivity index (χ2n) is 5.71. The first-order valence-corrected chi connectivity index (χ1v) is 9.25. The summed E-state index contributed by atoms with van der Waals surface area (Å²) in [7, 11) is -3.38. The molecule has 1 aromatic rings. The normalized spacial score (nSPS) is 22.8. The van der Waals surface area contributed by atoms with Gasteiger partial charge in [0.1, 0.15) is 6.10 Å². The Balaban J connectivity index is 2.18. The molecule has 0 radical (unpaired) electrons. The summed E-state index contributed by atoms with van der Waals surface area (Å²) in [6, 6.07) is 4.08. The van der Waals surface area contributed by atoms with Crippen molar-refractivity contribution < 1.29 is 17.9 Å². The molecule has 4 nitrogen and oxygen atoms in total. The molecule has 2 unspecified atom stereocenters. The molecule has 21 heavy (non-hydrogen) atoms. The summed E-state index contributed by atoms with van der Waals surface area (Å²) in [5, 5.41) is 0.205. The Labute approximate surface area is 130 Å². The maximum absolute atomic E-state index is 12.2. The van der Waals surface area contributed by atoms with Crippen molar-refractivity contribution in [3.8, 4) is 0 Å². The number of ether oxygens (including phenoxy) is 1. The van der Waals surface area contributed by atoms with Crippen LogP contribution in [0.1, 0.15) is 43.0 Å². The van der Waals surface area contributed by atoms with Crippen LogP contribution >= 0.6 is 11.6 Å². The summed E-state index contributed by atoms with van der Waals surface area (Å²) in [5.41, 5.74) is 0.109. The highest BCUT2D eigenvalue weighted by molar-refractivity contribution is 7.90. The van der Waals surface area contributed by atoms with E-state index < -0.39 is 15.8 Å². The summed E-state index contributed by atoms with van der Waals surface area (Å²) in [5.74, 6) is -0.0148. The molecule has 1 aromatic carbocycles. The number of carbonyl (C=O) groups is 1. The maximum Gasteiger partial charge on any atom is 0.339 e. The zero-order chi connectivity index (χ0) is 15.6. The van der Waals surface area contributed by atoms with Gasteiger partial charge in [-0.05, 0) is 43.4 Å².